The number of aryl methyl sites for hydroxylation is 1. The summed E-state index contributed by atoms with van der Waals surface area (Å²) in [6.07, 6.45) is 2.19. The lowest BCUT2D eigenvalue weighted by atomic mass is 9.49. The number of hydrogen-bond donors (Lipinski definition) is 2. The molecule has 2 aliphatic heterocycles. The van der Waals surface area contributed by atoms with Gasteiger partial charge in [-0.3, -0.25) is 24.6 Å². The molecular formula is C39H29Cl3FN3O5. The Labute approximate surface area is 307 Å². The Morgan fingerprint density at radius 3 is 2.24 bits per heavy atom. The Morgan fingerprint density at radius 2 is 1.55 bits per heavy atom. The molecule has 8 nitrogen and oxygen atoms in total. The van der Waals surface area contributed by atoms with Gasteiger partial charge in [0.05, 0.1) is 34.5 Å². The fourth-order valence-corrected chi connectivity index (χ4v) is 9.31. The molecule has 2 N–H and O–H groups in total. The highest BCUT2D eigenvalue weighted by Gasteiger charge is 2.70. The third-order valence-electron chi connectivity index (χ3n) is 11.0. The molecule has 0 aromatic heterocycles. The summed E-state index contributed by atoms with van der Waals surface area (Å²) < 4.78 is 13.8. The van der Waals surface area contributed by atoms with Gasteiger partial charge in [0.25, 0.3) is 11.8 Å². The van der Waals surface area contributed by atoms with E-state index in [0.717, 1.165) is 10.6 Å². The van der Waals surface area contributed by atoms with Crippen molar-refractivity contribution >= 4 is 69.8 Å². The molecule has 258 valence electrons. The molecule has 3 fully saturated rings. The third-order valence-corrected chi connectivity index (χ3v) is 12.0. The van der Waals surface area contributed by atoms with E-state index in [9.17, 15) is 23.9 Å². The number of imide groups is 2. The second-order valence-electron chi connectivity index (χ2n) is 13.5. The second kappa shape index (κ2) is 12.2. The van der Waals surface area contributed by atoms with E-state index in [4.69, 9.17) is 34.8 Å². The molecule has 51 heavy (non-hydrogen) atoms. The second-order valence-corrected chi connectivity index (χ2v) is 14.8. The lowest BCUT2D eigenvalue weighted by Gasteiger charge is -2.50. The van der Waals surface area contributed by atoms with E-state index < -0.39 is 58.5 Å². The highest BCUT2D eigenvalue weighted by Crippen LogP contribution is 2.65. The quantitative estimate of drug-likeness (QED) is 0.159. The van der Waals surface area contributed by atoms with E-state index in [-0.39, 0.29) is 29.5 Å². The summed E-state index contributed by atoms with van der Waals surface area (Å²) in [7, 11) is 0. The summed E-state index contributed by atoms with van der Waals surface area (Å²) >= 11 is 19.7. The van der Waals surface area contributed by atoms with Gasteiger partial charge in [0.15, 0.2) is 0 Å². The van der Waals surface area contributed by atoms with Crippen molar-refractivity contribution in [3.8, 4) is 5.75 Å². The Kier molecular flexibility index (Phi) is 8.01. The number of hydrogen-bond acceptors (Lipinski definition) is 6. The average Bonchev–Trinajstić information content (AvgIpc) is 3.48. The van der Waals surface area contributed by atoms with Crippen LogP contribution in [0.5, 0.6) is 5.75 Å². The van der Waals surface area contributed by atoms with Gasteiger partial charge >= 0.3 is 0 Å². The fraction of sp³-hybridized carbons (Fsp3) is 0.231. The Balaban J connectivity index is 1.32. The van der Waals surface area contributed by atoms with Gasteiger partial charge in [0.2, 0.25) is 11.8 Å². The molecule has 0 radical (unpaired) electrons. The molecule has 1 saturated carbocycles. The van der Waals surface area contributed by atoms with E-state index in [1.165, 1.54) is 41.3 Å². The van der Waals surface area contributed by atoms with E-state index in [2.05, 4.69) is 5.43 Å². The summed E-state index contributed by atoms with van der Waals surface area (Å²) in [6.45, 7) is 1.83. The molecule has 8 rings (SSSR count). The number of carbonyl (C=O) groups is 4. The van der Waals surface area contributed by atoms with Crippen LogP contribution in [0.2, 0.25) is 15.1 Å². The SMILES string of the molecule is Cc1ccc(N2C(=O)C3CC=C4C(CC5C(=O)N(Nc6ccc(F)cc6)C(=O)C5(c5ccc(Cl)cc5)C4c4ccc(O)cc4Cl)C3C2=O)cc1Cl. The van der Waals surface area contributed by atoms with Crippen LogP contribution >= 0.6 is 34.8 Å². The topological polar surface area (TPSA) is 107 Å². The highest BCUT2D eigenvalue weighted by molar-refractivity contribution is 6.32. The van der Waals surface area contributed by atoms with Gasteiger partial charge in [-0.25, -0.2) is 9.29 Å². The molecule has 2 heterocycles. The minimum absolute atomic E-state index is 0.0650. The molecule has 12 heteroatoms. The summed E-state index contributed by atoms with van der Waals surface area (Å²) in [4.78, 5) is 59.6. The maximum absolute atomic E-state index is 15.2. The van der Waals surface area contributed by atoms with Crippen molar-refractivity contribution < 1.29 is 28.7 Å². The number of halogens is 4. The number of aromatic hydroxyl groups is 1. The number of benzene rings is 4. The van der Waals surface area contributed by atoms with E-state index in [0.29, 0.717) is 38.1 Å². The third kappa shape index (κ3) is 5.00. The number of allylic oxidation sites excluding steroid dienone is 2. The lowest BCUT2D eigenvalue weighted by molar-refractivity contribution is -0.138. The number of anilines is 2. The van der Waals surface area contributed by atoms with Crippen molar-refractivity contribution in [2.75, 3.05) is 10.3 Å². The van der Waals surface area contributed by atoms with Crippen molar-refractivity contribution in [2.45, 2.75) is 31.1 Å². The van der Waals surface area contributed by atoms with Gasteiger partial charge in [-0.2, -0.15) is 5.01 Å². The van der Waals surface area contributed by atoms with Gasteiger partial charge in [-0.15, -0.1) is 0 Å². The molecule has 4 aromatic rings. The first kappa shape index (κ1) is 33.4. The maximum Gasteiger partial charge on any atom is 0.260 e. The van der Waals surface area contributed by atoms with Gasteiger partial charge in [0, 0.05) is 21.0 Å². The van der Waals surface area contributed by atoms with Crippen LogP contribution in [-0.2, 0) is 24.6 Å². The van der Waals surface area contributed by atoms with Crippen LogP contribution in [0.1, 0.15) is 35.4 Å². The fourth-order valence-electron chi connectivity index (χ4n) is 8.73. The molecule has 4 aliphatic rings. The summed E-state index contributed by atoms with van der Waals surface area (Å²) in [5.41, 5.74) is 4.45. The maximum atomic E-state index is 15.2. The number of phenolic OH excluding ortho intramolecular Hbond substituents is 1. The first-order valence-electron chi connectivity index (χ1n) is 16.4. The van der Waals surface area contributed by atoms with Crippen LogP contribution in [0.4, 0.5) is 15.8 Å². The summed E-state index contributed by atoms with van der Waals surface area (Å²) in [6, 6.07) is 21.5. The Hall–Kier alpha value is -4.70. The van der Waals surface area contributed by atoms with Crippen LogP contribution in [0.15, 0.2) is 96.6 Å². The van der Waals surface area contributed by atoms with E-state index >= 15 is 4.79 Å². The molecule has 4 aromatic carbocycles. The first-order chi connectivity index (χ1) is 24.4. The van der Waals surface area contributed by atoms with E-state index in [1.807, 2.05) is 13.0 Å². The van der Waals surface area contributed by atoms with Crippen molar-refractivity contribution in [2.24, 2.45) is 23.7 Å². The van der Waals surface area contributed by atoms with E-state index in [1.54, 1.807) is 48.5 Å². The zero-order valence-electron chi connectivity index (χ0n) is 26.9. The summed E-state index contributed by atoms with van der Waals surface area (Å²) in [5, 5.41) is 12.3. The highest BCUT2D eigenvalue weighted by atomic mass is 35.5. The minimum atomic E-state index is -1.60. The smallest absolute Gasteiger partial charge is 0.260 e. The summed E-state index contributed by atoms with van der Waals surface area (Å²) in [5.74, 6) is -6.60. The number of carbonyl (C=O) groups excluding carboxylic acids is 4. The van der Waals surface area contributed by atoms with Crippen molar-refractivity contribution in [1.82, 2.24) is 5.01 Å². The average molecular weight is 745 g/mol. The van der Waals surface area contributed by atoms with Crippen LogP contribution in [0, 0.1) is 36.4 Å². The Morgan fingerprint density at radius 1 is 0.824 bits per heavy atom. The van der Waals surface area contributed by atoms with Gasteiger partial charge < -0.3 is 5.11 Å². The molecule has 6 unspecified atom stereocenters. The van der Waals surface area contributed by atoms with Crippen LogP contribution < -0.4 is 10.3 Å². The number of fused-ring (bicyclic) bond motifs is 4. The standard InChI is InChI=1S/C39H29Cl3FN3O5/c1-19-2-11-24(16-31(19)41)45-35(48)28-15-14-26-29(33(28)37(45)50)18-30-36(49)46(44-23-9-7-22(43)8-10-23)38(51)39(30,20-3-5-21(40)6-4-20)34(26)27-13-12-25(47)17-32(27)42/h2-14,16-17,28-30,33-34,44,47H,15,18H2,1H3. The number of phenols is 1. The molecular weight excluding hydrogens is 716 g/mol. The van der Waals surface area contributed by atoms with Crippen LogP contribution in [-0.4, -0.2) is 33.7 Å². The zero-order valence-corrected chi connectivity index (χ0v) is 29.2. The van der Waals surface area contributed by atoms with Gasteiger partial charge in [-0.1, -0.05) is 70.7 Å². The molecule has 4 amide bonds. The monoisotopic (exact) mass is 743 g/mol. The van der Waals surface area contributed by atoms with Crippen molar-refractivity contribution in [1.29, 1.82) is 0 Å². The molecule has 0 bridgehead atoms. The van der Waals surface area contributed by atoms with Crippen molar-refractivity contribution in [3.05, 3.63) is 134 Å². The Bertz CT molecular complexity index is 2190. The number of nitrogens with one attached hydrogen (secondary N) is 1. The molecule has 6 atom stereocenters. The first-order valence-corrected chi connectivity index (χ1v) is 17.5. The zero-order chi connectivity index (χ0) is 35.9. The molecule has 0 spiro atoms. The lowest BCUT2D eigenvalue weighted by Crippen LogP contribution is -2.53. The number of rotatable bonds is 5. The van der Waals surface area contributed by atoms with Crippen molar-refractivity contribution in [3.63, 3.8) is 0 Å². The molecule has 2 aliphatic carbocycles. The number of hydrazine groups is 1. The molecule has 2 saturated heterocycles. The van der Waals surface area contributed by atoms with Crippen LogP contribution in [0.25, 0.3) is 0 Å². The largest absolute Gasteiger partial charge is 0.508 e. The number of amides is 4. The van der Waals surface area contributed by atoms with Gasteiger partial charge in [0.1, 0.15) is 11.6 Å². The van der Waals surface area contributed by atoms with Crippen LogP contribution in [0.3, 0.4) is 0 Å². The number of nitrogens with zero attached hydrogens (tertiary/aromatic N) is 2. The van der Waals surface area contributed by atoms with Gasteiger partial charge in [-0.05, 0) is 103 Å². The predicted octanol–water partition coefficient (Wildman–Crippen LogP) is 7.99. The normalized spacial score (nSPS) is 26.9. The predicted molar refractivity (Wildman–Crippen MR) is 191 cm³/mol. The minimum Gasteiger partial charge on any atom is -0.508 e.